The summed E-state index contributed by atoms with van der Waals surface area (Å²) in [6, 6.07) is 0.808. The minimum atomic E-state index is 0.808. The topological polar surface area (TPSA) is 15.3 Å². The van der Waals surface area contributed by atoms with Crippen LogP contribution in [0.3, 0.4) is 0 Å². The Kier molecular flexibility index (Phi) is 4.66. The maximum atomic E-state index is 3.54. The molecule has 2 atom stereocenters. The minimum absolute atomic E-state index is 0.808. The Balaban J connectivity index is 1.88. The van der Waals surface area contributed by atoms with E-state index in [1.807, 2.05) is 0 Å². The summed E-state index contributed by atoms with van der Waals surface area (Å²) in [5.41, 5.74) is 0. The third kappa shape index (κ3) is 3.21. The fourth-order valence-electron chi connectivity index (χ4n) is 3.41. The molecule has 0 aromatic carbocycles. The third-order valence-corrected chi connectivity index (χ3v) is 4.52. The zero-order chi connectivity index (χ0) is 11.4. The van der Waals surface area contributed by atoms with Crippen molar-refractivity contribution in [1.82, 2.24) is 10.2 Å². The smallest absolute Gasteiger partial charge is 0.0110 e. The Morgan fingerprint density at radius 2 is 1.94 bits per heavy atom. The molecule has 1 saturated carbocycles. The van der Waals surface area contributed by atoms with E-state index >= 15 is 0 Å². The van der Waals surface area contributed by atoms with Crippen molar-refractivity contribution >= 4 is 0 Å². The molecule has 0 aromatic rings. The highest BCUT2D eigenvalue weighted by atomic mass is 15.2. The quantitative estimate of drug-likeness (QED) is 0.775. The molecule has 0 amide bonds. The molecule has 0 spiro atoms. The summed E-state index contributed by atoms with van der Waals surface area (Å²) in [5.74, 6) is 1.78. The molecule has 1 saturated heterocycles. The van der Waals surface area contributed by atoms with E-state index in [1.165, 1.54) is 58.3 Å². The van der Waals surface area contributed by atoms with Crippen LogP contribution < -0.4 is 5.32 Å². The summed E-state index contributed by atoms with van der Waals surface area (Å²) in [7, 11) is 0. The monoisotopic (exact) mass is 224 g/mol. The number of hydrogen-bond acceptors (Lipinski definition) is 2. The Morgan fingerprint density at radius 1 is 1.19 bits per heavy atom. The van der Waals surface area contributed by atoms with Gasteiger partial charge in [-0.3, -0.25) is 4.90 Å². The van der Waals surface area contributed by atoms with E-state index in [4.69, 9.17) is 0 Å². The maximum Gasteiger partial charge on any atom is 0.0110 e. The third-order valence-electron chi connectivity index (χ3n) is 4.52. The van der Waals surface area contributed by atoms with Gasteiger partial charge in [-0.25, -0.2) is 0 Å². The molecule has 0 aromatic heterocycles. The predicted octanol–water partition coefficient (Wildman–Crippen LogP) is 2.50. The van der Waals surface area contributed by atoms with Gasteiger partial charge in [0, 0.05) is 25.7 Å². The van der Waals surface area contributed by atoms with Crippen molar-refractivity contribution in [2.45, 2.75) is 52.0 Å². The largest absolute Gasteiger partial charge is 0.315 e. The fraction of sp³-hybridized carbons (Fsp3) is 1.00. The Bertz CT molecular complexity index is 199. The molecule has 16 heavy (non-hydrogen) atoms. The molecule has 2 unspecified atom stereocenters. The number of nitrogens with one attached hydrogen (secondary N) is 1. The van der Waals surface area contributed by atoms with Gasteiger partial charge in [0.05, 0.1) is 0 Å². The minimum Gasteiger partial charge on any atom is -0.315 e. The van der Waals surface area contributed by atoms with Gasteiger partial charge < -0.3 is 5.32 Å². The SMILES string of the molecule is CC1CNCCN(C(C)C2CCCCC2)C1. The van der Waals surface area contributed by atoms with Gasteiger partial charge in [-0.15, -0.1) is 0 Å². The molecule has 1 heterocycles. The molecular weight excluding hydrogens is 196 g/mol. The van der Waals surface area contributed by atoms with Gasteiger partial charge >= 0.3 is 0 Å². The second kappa shape index (κ2) is 6.02. The van der Waals surface area contributed by atoms with Gasteiger partial charge in [-0.05, 0) is 38.1 Å². The van der Waals surface area contributed by atoms with E-state index < -0.39 is 0 Å². The van der Waals surface area contributed by atoms with Crippen LogP contribution in [0.4, 0.5) is 0 Å². The lowest BCUT2D eigenvalue weighted by Gasteiger charge is -2.36. The van der Waals surface area contributed by atoms with E-state index in [1.54, 1.807) is 0 Å². The number of hydrogen-bond donors (Lipinski definition) is 1. The lowest BCUT2D eigenvalue weighted by molar-refractivity contribution is 0.126. The molecule has 1 N–H and O–H groups in total. The molecule has 1 aliphatic heterocycles. The normalized spacial score (nSPS) is 32.2. The van der Waals surface area contributed by atoms with Crippen molar-refractivity contribution in [3.63, 3.8) is 0 Å². The molecule has 2 heteroatoms. The van der Waals surface area contributed by atoms with Crippen molar-refractivity contribution in [3.8, 4) is 0 Å². The highest BCUT2D eigenvalue weighted by molar-refractivity contribution is 4.81. The first-order chi connectivity index (χ1) is 7.77. The van der Waals surface area contributed by atoms with Gasteiger partial charge in [-0.1, -0.05) is 26.2 Å². The second-order valence-electron chi connectivity index (χ2n) is 5.94. The van der Waals surface area contributed by atoms with Crippen LogP contribution >= 0.6 is 0 Å². The molecule has 2 rings (SSSR count). The average molecular weight is 224 g/mol. The van der Waals surface area contributed by atoms with E-state index in [9.17, 15) is 0 Å². The molecule has 94 valence electrons. The van der Waals surface area contributed by atoms with Gasteiger partial charge in [0.15, 0.2) is 0 Å². The van der Waals surface area contributed by atoms with Crippen LogP contribution in [-0.2, 0) is 0 Å². The summed E-state index contributed by atoms with van der Waals surface area (Å²) >= 11 is 0. The summed E-state index contributed by atoms with van der Waals surface area (Å²) in [4.78, 5) is 2.74. The van der Waals surface area contributed by atoms with Crippen LogP contribution in [0.15, 0.2) is 0 Å². The summed E-state index contributed by atoms with van der Waals surface area (Å²) < 4.78 is 0. The first-order valence-electron chi connectivity index (χ1n) is 7.22. The maximum absolute atomic E-state index is 3.54. The molecule has 1 aliphatic carbocycles. The van der Waals surface area contributed by atoms with E-state index in [0.717, 1.165) is 17.9 Å². The molecule has 2 aliphatic rings. The predicted molar refractivity (Wildman–Crippen MR) is 69.6 cm³/mol. The molecular formula is C14H28N2. The van der Waals surface area contributed by atoms with Crippen LogP contribution in [-0.4, -0.2) is 37.1 Å². The van der Waals surface area contributed by atoms with E-state index in [2.05, 4.69) is 24.1 Å². The average Bonchev–Trinajstić information content (AvgIpc) is 2.54. The second-order valence-corrected chi connectivity index (χ2v) is 5.94. The van der Waals surface area contributed by atoms with Gasteiger partial charge in [0.25, 0.3) is 0 Å². The number of rotatable bonds is 2. The zero-order valence-electron chi connectivity index (χ0n) is 11.0. The Hall–Kier alpha value is -0.0800. The van der Waals surface area contributed by atoms with Crippen molar-refractivity contribution in [1.29, 1.82) is 0 Å². The molecule has 2 nitrogen and oxygen atoms in total. The van der Waals surface area contributed by atoms with Crippen molar-refractivity contribution in [2.24, 2.45) is 11.8 Å². The number of nitrogens with zero attached hydrogens (tertiary/aromatic N) is 1. The molecule has 0 radical (unpaired) electrons. The van der Waals surface area contributed by atoms with Crippen LogP contribution in [0, 0.1) is 11.8 Å². The van der Waals surface area contributed by atoms with E-state index in [-0.39, 0.29) is 0 Å². The Morgan fingerprint density at radius 3 is 2.69 bits per heavy atom. The zero-order valence-corrected chi connectivity index (χ0v) is 11.0. The standard InChI is InChI=1S/C14H28N2/c1-12-10-15-8-9-16(11-12)13(2)14-6-4-3-5-7-14/h12-15H,3-11H2,1-2H3. The van der Waals surface area contributed by atoms with E-state index in [0.29, 0.717) is 0 Å². The molecule has 0 bridgehead atoms. The van der Waals surface area contributed by atoms with Gasteiger partial charge in [-0.2, -0.15) is 0 Å². The van der Waals surface area contributed by atoms with Crippen LogP contribution in [0.25, 0.3) is 0 Å². The van der Waals surface area contributed by atoms with Crippen molar-refractivity contribution in [3.05, 3.63) is 0 Å². The summed E-state index contributed by atoms with van der Waals surface area (Å²) in [6.07, 6.45) is 7.35. The highest BCUT2D eigenvalue weighted by Crippen LogP contribution is 2.29. The lowest BCUT2D eigenvalue weighted by atomic mass is 9.84. The highest BCUT2D eigenvalue weighted by Gasteiger charge is 2.26. The lowest BCUT2D eigenvalue weighted by Crippen LogP contribution is -2.42. The van der Waals surface area contributed by atoms with Crippen molar-refractivity contribution < 1.29 is 0 Å². The first kappa shape index (κ1) is 12.4. The summed E-state index contributed by atoms with van der Waals surface area (Å²) in [5, 5.41) is 3.54. The van der Waals surface area contributed by atoms with Gasteiger partial charge in [0.1, 0.15) is 0 Å². The summed E-state index contributed by atoms with van der Waals surface area (Å²) in [6.45, 7) is 9.77. The van der Waals surface area contributed by atoms with Crippen LogP contribution in [0.1, 0.15) is 46.0 Å². The Labute approximate surface area is 101 Å². The fourth-order valence-corrected chi connectivity index (χ4v) is 3.41. The van der Waals surface area contributed by atoms with Crippen LogP contribution in [0.5, 0.6) is 0 Å². The first-order valence-corrected chi connectivity index (χ1v) is 7.22. The van der Waals surface area contributed by atoms with Crippen molar-refractivity contribution in [2.75, 3.05) is 26.2 Å². The van der Waals surface area contributed by atoms with Gasteiger partial charge in [0.2, 0.25) is 0 Å². The molecule has 2 fully saturated rings. The van der Waals surface area contributed by atoms with Crippen LogP contribution in [0.2, 0.25) is 0 Å².